The van der Waals surface area contributed by atoms with Gasteiger partial charge < -0.3 is 9.47 Å². The summed E-state index contributed by atoms with van der Waals surface area (Å²) in [6.45, 7) is 4.12. The molecule has 0 aromatic carbocycles. The van der Waals surface area contributed by atoms with Crippen molar-refractivity contribution < 1.29 is 18.7 Å². The van der Waals surface area contributed by atoms with E-state index in [0.29, 0.717) is 13.0 Å². The average molecular weight is 202 g/mol. The third kappa shape index (κ3) is 2.32. The maximum Gasteiger partial charge on any atom is 0.306 e. The molecule has 0 amide bonds. The van der Waals surface area contributed by atoms with Crippen LogP contribution in [0.15, 0.2) is 12.4 Å². The Morgan fingerprint density at radius 2 is 2.43 bits per heavy atom. The van der Waals surface area contributed by atoms with Crippen molar-refractivity contribution in [2.24, 2.45) is 5.41 Å². The van der Waals surface area contributed by atoms with Gasteiger partial charge in [0.1, 0.15) is 5.83 Å². The smallest absolute Gasteiger partial charge is 0.306 e. The number of hydrogen-bond donors (Lipinski definition) is 0. The molecule has 0 spiro atoms. The van der Waals surface area contributed by atoms with Crippen LogP contribution in [-0.2, 0) is 14.3 Å². The van der Waals surface area contributed by atoms with Crippen LogP contribution in [0, 0.1) is 5.41 Å². The maximum atomic E-state index is 13.3. The molecule has 0 bridgehead atoms. The number of carbonyl (C=O) groups excluding carboxylic acids is 1. The highest BCUT2D eigenvalue weighted by molar-refractivity contribution is 5.70. The lowest BCUT2D eigenvalue weighted by atomic mass is 9.78. The molecule has 0 aromatic heterocycles. The molecule has 0 N–H and O–H groups in total. The fraction of sp³-hybridized carbons (Fsp3) is 0.700. The Morgan fingerprint density at radius 3 is 2.86 bits per heavy atom. The highest BCUT2D eigenvalue weighted by Gasteiger charge is 2.39. The molecule has 80 valence electrons. The number of ether oxygens (including phenoxy) is 2. The summed E-state index contributed by atoms with van der Waals surface area (Å²) in [6.07, 6.45) is 1.36. The van der Waals surface area contributed by atoms with E-state index in [1.807, 2.05) is 0 Å². The van der Waals surface area contributed by atoms with E-state index in [9.17, 15) is 9.18 Å². The molecule has 0 saturated carbocycles. The molecule has 0 radical (unpaired) electrons. The predicted molar refractivity (Wildman–Crippen MR) is 49.4 cm³/mol. The van der Waals surface area contributed by atoms with Crippen LogP contribution in [0.2, 0.25) is 0 Å². The van der Waals surface area contributed by atoms with Crippen molar-refractivity contribution in [3.8, 4) is 0 Å². The molecule has 1 atom stereocenters. The Labute approximate surface area is 82.9 Å². The number of esters is 1. The first-order valence-electron chi connectivity index (χ1n) is 4.60. The largest absolute Gasteiger partial charge is 0.469 e. The van der Waals surface area contributed by atoms with Crippen LogP contribution in [0.3, 0.4) is 0 Å². The Balaban J connectivity index is 2.70. The molecule has 1 heterocycles. The Morgan fingerprint density at radius 1 is 1.71 bits per heavy atom. The molecular weight excluding hydrogens is 187 g/mol. The number of methoxy groups -OCH3 is 1. The first kappa shape index (κ1) is 11.2. The molecule has 3 nitrogen and oxygen atoms in total. The van der Waals surface area contributed by atoms with Gasteiger partial charge in [0, 0.05) is 6.61 Å². The Bertz CT molecular complexity index is 232. The van der Waals surface area contributed by atoms with Crippen molar-refractivity contribution in [2.45, 2.75) is 19.3 Å². The van der Waals surface area contributed by atoms with Crippen molar-refractivity contribution in [1.29, 1.82) is 0 Å². The zero-order chi connectivity index (χ0) is 10.6. The van der Waals surface area contributed by atoms with E-state index in [4.69, 9.17) is 4.74 Å². The molecule has 1 aliphatic rings. The van der Waals surface area contributed by atoms with Gasteiger partial charge >= 0.3 is 5.97 Å². The van der Waals surface area contributed by atoms with Crippen molar-refractivity contribution in [3.63, 3.8) is 0 Å². The molecule has 4 heteroatoms. The van der Waals surface area contributed by atoms with E-state index >= 15 is 0 Å². The molecule has 1 fully saturated rings. The van der Waals surface area contributed by atoms with Gasteiger partial charge in [0.2, 0.25) is 0 Å². The van der Waals surface area contributed by atoms with E-state index in [1.165, 1.54) is 7.11 Å². The lowest BCUT2D eigenvalue weighted by Crippen LogP contribution is -2.34. The van der Waals surface area contributed by atoms with Gasteiger partial charge in [-0.2, -0.15) is 0 Å². The van der Waals surface area contributed by atoms with Crippen LogP contribution < -0.4 is 0 Å². The Kier molecular flexibility index (Phi) is 3.63. The van der Waals surface area contributed by atoms with Gasteiger partial charge in [-0.15, -0.1) is 0 Å². The summed E-state index contributed by atoms with van der Waals surface area (Å²) >= 11 is 0. The highest BCUT2D eigenvalue weighted by Crippen LogP contribution is 2.39. The minimum Gasteiger partial charge on any atom is -0.469 e. The highest BCUT2D eigenvalue weighted by atomic mass is 19.1. The minimum atomic E-state index is -0.856. The maximum absolute atomic E-state index is 13.3. The van der Waals surface area contributed by atoms with E-state index in [1.54, 1.807) is 0 Å². The van der Waals surface area contributed by atoms with Crippen molar-refractivity contribution >= 4 is 5.97 Å². The van der Waals surface area contributed by atoms with Gasteiger partial charge in [-0.05, 0) is 12.8 Å². The first-order chi connectivity index (χ1) is 6.60. The summed E-state index contributed by atoms with van der Waals surface area (Å²) < 4.78 is 23.0. The second kappa shape index (κ2) is 4.55. The minimum absolute atomic E-state index is 0.0127. The van der Waals surface area contributed by atoms with Crippen molar-refractivity contribution in [3.05, 3.63) is 12.4 Å². The van der Waals surface area contributed by atoms with Gasteiger partial charge in [-0.1, -0.05) is 6.58 Å². The van der Waals surface area contributed by atoms with Crippen molar-refractivity contribution in [1.82, 2.24) is 0 Å². The van der Waals surface area contributed by atoms with Crippen LogP contribution in [0.5, 0.6) is 0 Å². The summed E-state index contributed by atoms with van der Waals surface area (Å²) in [7, 11) is 1.29. The first-order valence-corrected chi connectivity index (χ1v) is 4.60. The summed E-state index contributed by atoms with van der Waals surface area (Å²) in [5, 5.41) is 0. The predicted octanol–water partition coefficient (Wildman–Crippen LogP) is 1.83. The third-order valence-electron chi connectivity index (χ3n) is 2.61. The van der Waals surface area contributed by atoms with Crippen LogP contribution in [0.25, 0.3) is 0 Å². The van der Waals surface area contributed by atoms with Gasteiger partial charge in [0.05, 0.1) is 25.6 Å². The van der Waals surface area contributed by atoms with E-state index < -0.39 is 17.2 Å². The van der Waals surface area contributed by atoms with E-state index in [-0.39, 0.29) is 13.0 Å². The zero-order valence-electron chi connectivity index (χ0n) is 8.35. The topological polar surface area (TPSA) is 35.5 Å². The number of halogens is 1. The van der Waals surface area contributed by atoms with Gasteiger partial charge in [0.25, 0.3) is 0 Å². The van der Waals surface area contributed by atoms with Crippen LogP contribution >= 0.6 is 0 Å². The molecule has 0 aromatic rings. The summed E-state index contributed by atoms with van der Waals surface area (Å²) in [6, 6.07) is 0. The fourth-order valence-electron chi connectivity index (χ4n) is 1.65. The average Bonchev–Trinajstić information content (AvgIpc) is 2.19. The van der Waals surface area contributed by atoms with Gasteiger partial charge in [-0.25, -0.2) is 4.39 Å². The van der Waals surface area contributed by atoms with Gasteiger partial charge in [0.15, 0.2) is 0 Å². The molecule has 1 unspecified atom stereocenters. The third-order valence-corrected chi connectivity index (χ3v) is 2.61. The standard InChI is InChI=1S/C10H15FO3/c1-8(11)10(6-9(12)13-2)4-3-5-14-7-10/h1,3-7H2,2H3. The molecule has 1 aliphatic heterocycles. The lowest BCUT2D eigenvalue weighted by Gasteiger charge is -2.34. The zero-order valence-corrected chi connectivity index (χ0v) is 8.35. The van der Waals surface area contributed by atoms with Crippen LogP contribution in [0.4, 0.5) is 4.39 Å². The second-order valence-electron chi connectivity index (χ2n) is 3.59. The van der Waals surface area contributed by atoms with Crippen LogP contribution in [-0.4, -0.2) is 26.3 Å². The Hall–Kier alpha value is -0.900. The number of carbonyl (C=O) groups is 1. The summed E-state index contributed by atoms with van der Waals surface area (Å²) in [5.41, 5.74) is -0.856. The summed E-state index contributed by atoms with van der Waals surface area (Å²) in [4.78, 5) is 11.1. The fourth-order valence-corrected chi connectivity index (χ4v) is 1.65. The molecular formula is C10H15FO3. The lowest BCUT2D eigenvalue weighted by molar-refractivity contribution is -0.145. The molecule has 0 aliphatic carbocycles. The van der Waals surface area contributed by atoms with E-state index in [0.717, 1.165) is 6.42 Å². The number of hydrogen-bond acceptors (Lipinski definition) is 3. The van der Waals surface area contributed by atoms with Crippen molar-refractivity contribution in [2.75, 3.05) is 20.3 Å². The monoisotopic (exact) mass is 202 g/mol. The molecule has 14 heavy (non-hydrogen) atoms. The van der Waals surface area contributed by atoms with E-state index in [2.05, 4.69) is 11.3 Å². The quantitative estimate of drug-likeness (QED) is 0.655. The normalized spacial score (nSPS) is 27.0. The SMILES string of the molecule is C=C(F)C1(CC(=O)OC)CCCOC1. The molecule has 1 rings (SSSR count). The van der Waals surface area contributed by atoms with Gasteiger partial charge in [-0.3, -0.25) is 4.79 Å². The molecule has 1 saturated heterocycles. The number of rotatable bonds is 3. The summed E-state index contributed by atoms with van der Waals surface area (Å²) in [5.74, 6) is -0.906. The van der Waals surface area contributed by atoms with Crippen LogP contribution in [0.1, 0.15) is 19.3 Å². The second-order valence-corrected chi connectivity index (χ2v) is 3.59.